The number of allylic oxidation sites excluding steroid dienone is 1. The van der Waals surface area contributed by atoms with Gasteiger partial charge in [-0.3, -0.25) is 4.99 Å². The highest BCUT2D eigenvalue weighted by molar-refractivity contribution is 5.86. The Hall–Kier alpha value is -2.49. The van der Waals surface area contributed by atoms with Crippen molar-refractivity contribution >= 4 is 17.7 Å². The second-order valence-corrected chi connectivity index (χ2v) is 4.36. The summed E-state index contributed by atoms with van der Waals surface area (Å²) in [6.07, 6.45) is 4.69. The summed E-state index contributed by atoms with van der Waals surface area (Å²) >= 11 is 0. The van der Waals surface area contributed by atoms with E-state index in [-0.39, 0.29) is 0 Å². The topological polar surface area (TPSA) is 64.2 Å². The molecule has 94 valence electrons. The second kappa shape index (κ2) is 5.02. The number of nitrogens with two attached hydrogens (primary N) is 1. The maximum absolute atomic E-state index is 5.82. The average Bonchev–Trinajstić information content (AvgIpc) is 2.48. The van der Waals surface area contributed by atoms with Gasteiger partial charge in [0.05, 0.1) is 11.4 Å². The van der Waals surface area contributed by atoms with Crippen molar-refractivity contribution < 1.29 is 0 Å². The van der Waals surface area contributed by atoms with Gasteiger partial charge in [0, 0.05) is 18.3 Å². The molecule has 1 aliphatic heterocycles. The van der Waals surface area contributed by atoms with Crippen molar-refractivity contribution in [2.45, 2.75) is 6.42 Å². The van der Waals surface area contributed by atoms with E-state index in [0.717, 1.165) is 35.5 Å². The van der Waals surface area contributed by atoms with E-state index in [4.69, 9.17) is 5.73 Å². The first-order valence-corrected chi connectivity index (χ1v) is 6.22. The molecule has 1 aliphatic rings. The van der Waals surface area contributed by atoms with Crippen LogP contribution in [0.15, 0.2) is 47.5 Å². The normalized spacial score (nSPS) is 14.2. The van der Waals surface area contributed by atoms with Gasteiger partial charge in [-0.05, 0) is 24.1 Å². The molecule has 2 heterocycles. The van der Waals surface area contributed by atoms with E-state index in [9.17, 15) is 0 Å². The number of aliphatic imine (C=N–C) groups is 1. The molecule has 2 N–H and O–H groups in total. The van der Waals surface area contributed by atoms with Gasteiger partial charge < -0.3 is 5.73 Å². The molecule has 3 rings (SSSR count). The van der Waals surface area contributed by atoms with Crippen LogP contribution in [0, 0.1) is 0 Å². The van der Waals surface area contributed by atoms with Crippen molar-refractivity contribution in [2.24, 2.45) is 4.99 Å². The number of aromatic nitrogens is 2. The van der Waals surface area contributed by atoms with Gasteiger partial charge in [-0.25, -0.2) is 9.97 Å². The van der Waals surface area contributed by atoms with Crippen molar-refractivity contribution in [3.63, 3.8) is 0 Å². The second-order valence-electron chi connectivity index (χ2n) is 4.36. The third kappa shape index (κ3) is 2.52. The lowest BCUT2D eigenvalue weighted by molar-refractivity contribution is 1.00. The van der Waals surface area contributed by atoms with Crippen molar-refractivity contribution in [1.29, 1.82) is 0 Å². The molecule has 1 aromatic carbocycles. The molecular weight excluding hydrogens is 236 g/mol. The van der Waals surface area contributed by atoms with E-state index in [1.807, 2.05) is 48.7 Å². The van der Waals surface area contributed by atoms with E-state index >= 15 is 0 Å². The Morgan fingerprint density at radius 1 is 1.00 bits per heavy atom. The third-order valence-corrected chi connectivity index (χ3v) is 3.03. The molecule has 2 aromatic rings. The number of hydrogen-bond acceptors (Lipinski definition) is 4. The first-order valence-electron chi connectivity index (χ1n) is 6.22. The minimum atomic E-state index is 0.305. The Morgan fingerprint density at radius 3 is 2.53 bits per heavy atom. The van der Waals surface area contributed by atoms with Crippen molar-refractivity contribution in [2.75, 3.05) is 12.3 Å². The number of benzene rings is 1. The maximum atomic E-state index is 5.82. The number of nitrogen functional groups attached to an aromatic ring is 1. The summed E-state index contributed by atoms with van der Waals surface area (Å²) in [6.45, 7) is 0.802. The zero-order valence-corrected chi connectivity index (χ0v) is 10.5. The maximum Gasteiger partial charge on any atom is 0.221 e. The first-order chi connectivity index (χ1) is 9.33. The zero-order chi connectivity index (χ0) is 13.1. The molecule has 0 fully saturated rings. The van der Waals surface area contributed by atoms with E-state index in [1.165, 1.54) is 0 Å². The number of nitrogens with zero attached hydrogens (tertiary/aromatic N) is 3. The molecule has 0 amide bonds. The van der Waals surface area contributed by atoms with Gasteiger partial charge in [-0.15, -0.1) is 0 Å². The molecule has 1 aromatic heterocycles. The number of dihydropyridines is 1. The van der Waals surface area contributed by atoms with Crippen LogP contribution in [0.25, 0.3) is 16.8 Å². The standard InChI is InChI=1S/C15H14N4/c16-15-18-13(11-4-2-1-3-5-11)10-14(19-15)12-6-8-17-9-7-12/h1-6,8,10H,7,9H2,(H2,16,18,19). The lowest BCUT2D eigenvalue weighted by Gasteiger charge is -2.10. The summed E-state index contributed by atoms with van der Waals surface area (Å²) in [5.74, 6) is 0.305. The fraction of sp³-hybridized carbons (Fsp3) is 0.133. The summed E-state index contributed by atoms with van der Waals surface area (Å²) in [4.78, 5) is 12.8. The first kappa shape index (κ1) is 11.6. The van der Waals surface area contributed by atoms with E-state index in [2.05, 4.69) is 15.0 Å². The van der Waals surface area contributed by atoms with Crippen LogP contribution in [0.3, 0.4) is 0 Å². The predicted molar refractivity (Wildman–Crippen MR) is 77.8 cm³/mol. The minimum absolute atomic E-state index is 0.305. The SMILES string of the molecule is Nc1nc(C2=CC=NCC2)cc(-c2ccccc2)n1. The Labute approximate surface area is 111 Å². The van der Waals surface area contributed by atoms with Crippen molar-refractivity contribution in [3.8, 4) is 11.3 Å². The molecule has 4 heteroatoms. The zero-order valence-electron chi connectivity index (χ0n) is 10.5. The van der Waals surface area contributed by atoms with Gasteiger partial charge in [-0.2, -0.15) is 0 Å². The fourth-order valence-electron chi connectivity index (χ4n) is 2.09. The Kier molecular flexibility index (Phi) is 3.06. The highest BCUT2D eigenvalue weighted by atomic mass is 15.0. The molecule has 0 unspecified atom stereocenters. The number of anilines is 1. The average molecular weight is 250 g/mol. The monoisotopic (exact) mass is 250 g/mol. The van der Waals surface area contributed by atoms with Crippen LogP contribution in [0.2, 0.25) is 0 Å². The summed E-state index contributed by atoms with van der Waals surface area (Å²) in [5, 5.41) is 0. The van der Waals surface area contributed by atoms with E-state index < -0.39 is 0 Å². The molecule has 0 aliphatic carbocycles. The molecule has 0 spiro atoms. The fourth-order valence-corrected chi connectivity index (χ4v) is 2.09. The van der Waals surface area contributed by atoms with Gasteiger partial charge in [0.2, 0.25) is 5.95 Å². The Balaban J connectivity index is 2.06. The molecule has 0 atom stereocenters. The van der Waals surface area contributed by atoms with Crippen LogP contribution in [0.1, 0.15) is 12.1 Å². The highest BCUT2D eigenvalue weighted by Gasteiger charge is 2.09. The van der Waals surface area contributed by atoms with Gasteiger partial charge >= 0.3 is 0 Å². The highest BCUT2D eigenvalue weighted by Crippen LogP contribution is 2.24. The quantitative estimate of drug-likeness (QED) is 0.891. The number of hydrogen-bond donors (Lipinski definition) is 1. The summed E-state index contributed by atoms with van der Waals surface area (Å²) in [6, 6.07) is 12.0. The smallest absolute Gasteiger partial charge is 0.221 e. The van der Waals surface area contributed by atoms with Gasteiger partial charge in [0.15, 0.2) is 0 Å². The summed E-state index contributed by atoms with van der Waals surface area (Å²) in [5.41, 5.74) is 9.76. The van der Waals surface area contributed by atoms with Crippen LogP contribution >= 0.6 is 0 Å². The molecule has 0 saturated carbocycles. The van der Waals surface area contributed by atoms with Gasteiger partial charge in [0.25, 0.3) is 0 Å². The molecule has 0 bridgehead atoms. The van der Waals surface area contributed by atoms with Crippen LogP contribution in [-0.4, -0.2) is 22.7 Å². The number of rotatable bonds is 2. The van der Waals surface area contributed by atoms with Crippen molar-refractivity contribution in [1.82, 2.24) is 9.97 Å². The minimum Gasteiger partial charge on any atom is -0.368 e. The summed E-state index contributed by atoms with van der Waals surface area (Å²) in [7, 11) is 0. The summed E-state index contributed by atoms with van der Waals surface area (Å²) < 4.78 is 0. The molecule has 19 heavy (non-hydrogen) atoms. The van der Waals surface area contributed by atoms with Crippen molar-refractivity contribution in [3.05, 3.63) is 48.2 Å². The van der Waals surface area contributed by atoms with Gasteiger partial charge in [-0.1, -0.05) is 30.3 Å². The Morgan fingerprint density at radius 2 is 1.79 bits per heavy atom. The largest absolute Gasteiger partial charge is 0.368 e. The van der Waals surface area contributed by atoms with Crippen LogP contribution in [0.5, 0.6) is 0 Å². The molecular formula is C15H14N4. The van der Waals surface area contributed by atoms with E-state index in [1.54, 1.807) is 0 Å². The van der Waals surface area contributed by atoms with Crippen LogP contribution in [-0.2, 0) is 0 Å². The molecule has 0 radical (unpaired) electrons. The van der Waals surface area contributed by atoms with Crippen LogP contribution < -0.4 is 5.73 Å². The van der Waals surface area contributed by atoms with Gasteiger partial charge in [0.1, 0.15) is 0 Å². The third-order valence-electron chi connectivity index (χ3n) is 3.03. The Bertz CT molecular complexity index is 644. The lowest BCUT2D eigenvalue weighted by Crippen LogP contribution is -2.03. The predicted octanol–water partition coefficient (Wildman–Crippen LogP) is 2.58. The lowest BCUT2D eigenvalue weighted by atomic mass is 10.0. The molecule has 4 nitrogen and oxygen atoms in total. The van der Waals surface area contributed by atoms with Crippen LogP contribution in [0.4, 0.5) is 5.95 Å². The molecule has 0 saturated heterocycles. The van der Waals surface area contributed by atoms with E-state index in [0.29, 0.717) is 5.95 Å².